The van der Waals surface area contributed by atoms with E-state index in [4.69, 9.17) is 58.0 Å². The van der Waals surface area contributed by atoms with Gasteiger partial charge in [-0.25, -0.2) is 0 Å². The molecule has 0 bridgehead atoms. The van der Waals surface area contributed by atoms with E-state index in [1.54, 1.807) is 31.3 Å². The highest BCUT2D eigenvalue weighted by atomic mass is 35.5. The molecular formula is C70H75Cl5F12N6O6S4. The zero-order chi connectivity index (χ0) is 74.4. The Morgan fingerprint density at radius 2 is 0.864 bits per heavy atom. The second-order valence-corrected chi connectivity index (χ2v) is 31.0. The number of piperidine rings is 2. The van der Waals surface area contributed by atoms with E-state index < -0.39 is 116 Å². The maximum atomic E-state index is 14.1. The SMILES string of the molecule is CN(C[C@](CCN1CCC2(CC1)c1ccccc1CS2=O)(c1ccc(Cl)c(Cl)c1)N(C)C(=O)c1ccc(C(F)(F)F)cc1)C(=O)CC(F)(F)F.CN[C@](CCN1CCC2(CC1)c1ccccc1CS2=O)(CN(C)C(=O)CC(F)(F)F)c1ccc(Cl)c(Cl)c1.O=C(Cl)c1ccc(C(F)(F)F)cc1.S.S. The number of carbonyl (C=O) groups excluding carboxylic acids is 4. The standard InChI is InChI=1S/C35H35Cl2F6N3O3S.C27H32Cl2F3N3O2S.C8H4ClF3O.2H2S/c1-44(30(47)20-34(38,39)40)22-32(26-11-12-28(36)29(37)19-26,45(2)31(48)23-7-9-25(10-8-23)35(41,42)43)13-16-46-17-14-33(15-18-46)27-6-4-3-5-24(27)21-50(33)49;1-33-25(20-7-8-22(28)23(29)15-20,18-34(2)24(36)16-27(30,31)32)9-12-35-13-10-26(11-14-35)21-6-4-3-5-19(21)17-38(26)37;9-7(13)5-1-3-6(4-2-5)8(10,11)12;;/h3-12,19H,13-18,20-22H2,1-2H3;3-8,15,33H,9-14,16-18H2,1-2H3;1-4H;2*1H2/t32-,50?;25-,38?;;;/m11.../s1. The van der Waals surface area contributed by atoms with Gasteiger partial charge in [-0.05, 0) is 190 Å². The molecule has 4 aliphatic heterocycles. The molecule has 564 valence electrons. The predicted molar refractivity (Wildman–Crippen MR) is 388 cm³/mol. The number of fused-ring (bicyclic) bond motifs is 4. The predicted octanol–water partition coefficient (Wildman–Crippen LogP) is 16.8. The molecule has 1 N–H and O–H groups in total. The first kappa shape index (κ1) is 86.8. The maximum Gasteiger partial charge on any atom is 0.416 e. The molecule has 4 aliphatic rings. The lowest BCUT2D eigenvalue weighted by molar-refractivity contribution is -0.163. The molecule has 2 unspecified atom stereocenters. The molecule has 0 radical (unpaired) electrons. The van der Waals surface area contributed by atoms with Crippen LogP contribution in [-0.2, 0) is 75.6 Å². The molecule has 33 heteroatoms. The van der Waals surface area contributed by atoms with Crippen LogP contribution >= 0.6 is 85.0 Å². The number of hydrogen-bond acceptors (Lipinski definition) is 9. The lowest BCUT2D eigenvalue weighted by Gasteiger charge is -2.47. The van der Waals surface area contributed by atoms with Crippen LogP contribution in [0.2, 0.25) is 20.1 Å². The molecular weight excluding hydrogens is 1550 g/mol. The number of benzene rings is 6. The van der Waals surface area contributed by atoms with Crippen molar-refractivity contribution in [2.75, 3.05) is 80.5 Å². The molecule has 6 aromatic carbocycles. The summed E-state index contributed by atoms with van der Waals surface area (Å²) in [6, 6.07) is 33.0. The molecule has 10 rings (SSSR count). The molecule has 2 fully saturated rings. The number of rotatable bonds is 18. The van der Waals surface area contributed by atoms with Gasteiger partial charge in [0.25, 0.3) is 11.1 Å². The molecule has 4 atom stereocenters. The number of hydrogen-bond donors (Lipinski definition) is 1. The Balaban J connectivity index is 0.000000277. The van der Waals surface area contributed by atoms with E-state index in [1.807, 2.05) is 36.4 Å². The number of amides is 3. The molecule has 4 heterocycles. The number of halogens is 17. The number of nitrogens with one attached hydrogen (secondary N) is 1. The highest BCUT2D eigenvalue weighted by molar-refractivity contribution is 7.85. The monoisotopic (exact) mass is 1630 g/mol. The zero-order valence-corrected chi connectivity index (χ0v) is 63.3. The minimum Gasteiger partial charge on any atom is -0.343 e. The molecule has 0 aliphatic carbocycles. The largest absolute Gasteiger partial charge is 0.416 e. The summed E-state index contributed by atoms with van der Waals surface area (Å²) < 4.78 is 180. The van der Waals surface area contributed by atoms with Crippen molar-refractivity contribution in [2.24, 2.45) is 0 Å². The van der Waals surface area contributed by atoms with Crippen LogP contribution in [0.4, 0.5) is 52.7 Å². The minimum absolute atomic E-state index is 0. The first-order valence-electron chi connectivity index (χ1n) is 31.6. The molecule has 2 spiro atoms. The Kier molecular flexibility index (Phi) is 29.7. The number of carbonyl (C=O) groups is 4. The lowest BCUT2D eigenvalue weighted by atomic mass is 9.82. The Bertz CT molecular complexity index is 4020. The average Bonchev–Trinajstić information content (AvgIpc) is 1.71. The first-order valence-corrected chi connectivity index (χ1v) is 36.1. The van der Waals surface area contributed by atoms with Gasteiger partial charge in [-0.1, -0.05) is 107 Å². The minimum atomic E-state index is -4.79. The molecule has 2 saturated heterocycles. The Labute approximate surface area is 633 Å². The Morgan fingerprint density at radius 1 is 0.495 bits per heavy atom. The van der Waals surface area contributed by atoms with E-state index in [0.717, 1.165) is 101 Å². The van der Waals surface area contributed by atoms with Crippen LogP contribution < -0.4 is 5.32 Å². The zero-order valence-electron chi connectivity index (χ0n) is 55.9. The van der Waals surface area contributed by atoms with Crippen molar-refractivity contribution >= 4 is 130 Å². The summed E-state index contributed by atoms with van der Waals surface area (Å²) in [5.41, 5.74) is 1.41. The number of likely N-dealkylation sites (N-methyl/N-ethyl adjacent to an activating group) is 4. The fourth-order valence-electron chi connectivity index (χ4n) is 13.5. The van der Waals surface area contributed by atoms with Crippen LogP contribution in [0.1, 0.15) is 117 Å². The van der Waals surface area contributed by atoms with Gasteiger partial charge in [-0.2, -0.15) is 79.7 Å². The molecule has 6 aromatic rings. The highest BCUT2D eigenvalue weighted by Crippen LogP contribution is 2.49. The smallest absolute Gasteiger partial charge is 0.343 e. The normalized spacial score (nSPS) is 18.2. The number of likely N-dealkylation sites (tertiary alicyclic amines) is 2. The van der Waals surface area contributed by atoms with Crippen LogP contribution in [0.3, 0.4) is 0 Å². The third kappa shape index (κ3) is 21.0. The summed E-state index contributed by atoms with van der Waals surface area (Å²) in [6.45, 7) is 3.13. The van der Waals surface area contributed by atoms with Gasteiger partial charge in [0.15, 0.2) is 0 Å². The van der Waals surface area contributed by atoms with Gasteiger partial charge in [0.1, 0.15) is 12.8 Å². The van der Waals surface area contributed by atoms with E-state index in [2.05, 4.69) is 27.2 Å². The van der Waals surface area contributed by atoms with Gasteiger partial charge in [-0.3, -0.25) is 27.6 Å². The first-order chi connectivity index (χ1) is 47.2. The van der Waals surface area contributed by atoms with Crippen molar-refractivity contribution in [2.45, 2.75) is 108 Å². The van der Waals surface area contributed by atoms with Crippen molar-refractivity contribution in [1.29, 1.82) is 0 Å². The van der Waals surface area contributed by atoms with Crippen LogP contribution in [0.25, 0.3) is 0 Å². The van der Waals surface area contributed by atoms with Crippen LogP contribution in [0, 0.1) is 0 Å². The summed E-state index contributed by atoms with van der Waals surface area (Å²) in [4.78, 5) is 57.5. The summed E-state index contributed by atoms with van der Waals surface area (Å²) in [5, 5.41) is 3.48. The Hall–Kier alpha value is -5.11. The lowest BCUT2D eigenvalue weighted by Crippen LogP contribution is -2.56. The topological polar surface area (TPSA) is 131 Å². The van der Waals surface area contributed by atoms with Gasteiger partial charge in [0.05, 0.1) is 51.8 Å². The molecule has 0 aromatic heterocycles. The van der Waals surface area contributed by atoms with Crippen LogP contribution in [0.15, 0.2) is 133 Å². The van der Waals surface area contributed by atoms with Gasteiger partial charge < -0.3 is 29.8 Å². The van der Waals surface area contributed by atoms with Gasteiger partial charge in [0.2, 0.25) is 11.8 Å². The third-order valence-electron chi connectivity index (χ3n) is 19.3. The van der Waals surface area contributed by atoms with Crippen molar-refractivity contribution in [1.82, 2.24) is 29.8 Å². The molecule has 3 amide bonds. The van der Waals surface area contributed by atoms with E-state index in [0.29, 0.717) is 72.6 Å². The summed E-state index contributed by atoms with van der Waals surface area (Å²) in [5.74, 6) is -1.89. The highest BCUT2D eigenvalue weighted by Gasteiger charge is 2.50. The van der Waals surface area contributed by atoms with E-state index >= 15 is 0 Å². The van der Waals surface area contributed by atoms with Crippen molar-refractivity contribution < 1.29 is 80.3 Å². The van der Waals surface area contributed by atoms with E-state index in [1.165, 1.54) is 49.3 Å². The summed E-state index contributed by atoms with van der Waals surface area (Å²) in [6.07, 6.45) is -18.3. The fourth-order valence-corrected chi connectivity index (χ4v) is 18.0. The number of nitrogens with zero attached hydrogens (tertiary/aromatic N) is 5. The fraction of sp³-hybridized carbons (Fsp3) is 0.429. The van der Waals surface area contributed by atoms with E-state index in [-0.39, 0.29) is 65.9 Å². The summed E-state index contributed by atoms with van der Waals surface area (Å²) >= 11 is 30.1. The molecule has 0 saturated carbocycles. The molecule has 12 nitrogen and oxygen atoms in total. The van der Waals surface area contributed by atoms with E-state index in [9.17, 15) is 80.3 Å². The quantitative estimate of drug-likeness (QED) is 0.0660. The summed E-state index contributed by atoms with van der Waals surface area (Å²) in [7, 11) is 3.64. The van der Waals surface area contributed by atoms with Gasteiger partial charge in [-0.15, -0.1) is 0 Å². The maximum absolute atomic E-state index is 14.1. The van der Waals surface area contributed by atoms with Gasteiger partial charge in [0, 0.05) is 91.6 Å². The number of alkyl halides is 12. The van der Waals surface area contributed by atoms with Crippen molar-refractivity contribution in [3.8, 4) is 0 Å². The van der Waals surface area contributed by atoms with Gasteiger partial charge >= 0.3 is 24.7 Å². The average molecular weight is 1630 g/mol. The van der Waals surface area contributed by atoms with Crippen molar-refractivity contribution in [3.63, 3.8) is 0 Å². The molecule has 103 heavy (non-hydrogen) atoms. The van der Waals surface area contributed by atoms with Crippen LogP contribution in [-0.4, -0.2) is 149 Å². The Morgan fingerprint density at radius 3 is 1.25 bits per heavy atom. The van der Waals surface area contributed by atoms with Crippen LogP contribution in [0.5, 0.6) is 0 Å². The third-order valence-corrected chi connectivity index (χ3v) is 25.1. The second kappa shape index (κ2) is 35.3. The second-order valence-electron chi connectivity index (χ2n) is 25.5. The van der Waals surface area contributed by atoms with Crippen molar-refractivity contribution in [3.05, 3.63) is 209 Å².